The molecule has 1 N–H and O–H groups in total. The maximum Gasteiger partial charge on any atom is 0.129 e. The molecule has 0 saturated carbocycles. The number of halogens is 2. The van der Waals surface area contributed by atoms with E-state index in [-0.39, 0.29) is 6.04 Å². The van der Waals surface area contributed by atoms with Gasteiger partial charge in [0.15, 0.2) is 0 Å². The van der Waals surface area contributed by atoms with Crippen molar-refractivity contribution in [1.29, 1.82) is 0 Å². The van der Waals surface area contributed by atoms with Gasteiger partial charge in [0.2, 0.25) is 0 Å². The number of hydrogen-bond donors (Lipinski definition) is 1. The van der Waals surface area contributed by atoms with Crippen LogP contribution in [0.3, 0.4) is 0 Å². The van der Waals surface area contributed by atoms with E-state index in [4.69, 9.17) is 0 Å². The Kier molecular flexibility index (Phi) is 6.27. The summed E-state index contributed by atoms with van der Waals surface area (Å²) in [5.74, 6) is -0.263. The lowest BCUT2D eigenvalue weighted by Crippen LogP contribution is -2.28. The molecule has 0 saturated heterocycles. The normalized spacial score (nSPS) is 13.0. The van der Waals surface area contributed by atoms with Crippen LogP contribution in [0.1, 0.15) is 38.7 Å². The minimum atomic E-state index is -0.517. The molecule has 18 heavy (non-hydrogen) atoms. The van der Waals surface area contributed by atoms with E-state index in [0.29, 0.717) is 17.9 Å². The highest BCUT2D eigenvalue weighted by Gasteiger charge is 2.11. The van der Waals surface area contributed by atoms with Crippen molar-refractivity contribution in [3.63, 3.8) is 0 Å². The monoisotopic (exact) mass is 255 g/mol. The lowest BCUT2D eigenvalue weighted by molar-refractivity contribution is 0.451. The Bertz CT molecular complexity index is 364. The summed E-state index contributed by atoms with van der Waals surface area (Å²) in [4.78, 5) is 0. The molecule has 0 aliphatic heterocycles. The van der Waals surface area contributed by atoms with Gasteiger partial charge < -0.3 is 5.32 Å². The first-order valence-electron chi connectivity index (χ1n) is 6.64. The van der Waals surface area contributed by atoms with Gasteiger partial charge in [0.25, 0.3) is 0 Å². The second-order valence-corrected chi connectivity index (χ2v) is 5.25. The minimum absolute atomic E-state index is 0.253. The van der Waals surface area contributed by atoms with Crippen molar-refractivity contribution in [1.82, 2.24) is 5.32 Å². The molecule has 1 aromatic carbocycles. The van der Waals surface area contributed by atoms with Gasteiger partial charge in [0.05, 0.1) is 0 Å². The Morgan fingerprint density at radius 3 is 2.44 bits per heavy atom. The number of nitrogens with one attached hydrogen (secondary N) is 1. The third-order valence-corrected chi connectivity index (χ3v) is 3.22. The van der Waals surface area contributed by atoms with E-state index in [2.05, 4.69) is 19.2 Å². The van der Waals surface area contributed by atoms with E-state index in [0.717, 1.165) is 18.9 Å². The number of likely N-dealkylation sites (N-methyl/N-ethyl adjacent to an activating group) is 1. The van der Waals surface area contributed by atoms with E-state index < -0.39 is 11.6 Å². The average Bonchev–Trinajstić information content (AvgIpc) is 2.30. The quantitative estimate of drug-likeness (QED) is 0.778. The van der Waals surface area contributed by atoms with Gasteiger partial charge in [0, 0.05) is 12.1 Å². The van der Waals surface area contributed by atoms with Crippen LogP contribution in [0.15, 0.2) is 18.2 Å². The largest absolute Gasteiger partial charge is 0.317 e. The summed E-state index contributed by atoms with van der Waals surface area (Å²) in [5.41, 5.74) is 0.584. The lowest BCUT2D eigenvalue weighted by atomic mass is 9.98. The van der Waals surface area contributed by atoms with Crippen molar-refractivity contribution in [3.8, 4) is 0 Å². The first-order chi connectivity index (χ1) is 8.52. The summed E-state index contributed by atoms with van der Waals surface area (Å²) < 4.78 is 26.3. The third kappa shape index (κ3) is 5.13. The molecule has 1 nitrogen and oxygen atoms in total. The van der Waals surface area contributed by atoms with Crippen molar-refractivity contribution in [3.05, 3.63) is 35.4 Å². The molecule has 1 unspecified atom stereocenters. The summed E-state index contributed by atoms with van der Waals surface area (Å²) in [5, 5.41) is 3.21. The fourth-order valence-corrected chi connectivity index (χ4v) is 2.07. The Balaban J connectivity index is 2.51. The molecule has 0 heterocycles. The van der Waals surface area contributed by atoms with Crippen LogP contribution in [0.4, 0.5) is 8.78 Å². The van der Waals surface area contributed by atoms with Crippen molar-refractivity contribution in [2.24, 2.45) is 5.92 Å². The molecule has 0 aromatic heterocycles. The highest BCUT2D eigenvalue weighted by molar-refractivity contribution is 5.19. The minimum Gasteiger partial charge on any atom is -0.317 e. The molecule has 102 valence electrons. The van der Waals surface area contributed by atoms with E-state index in [1.165, 1.54) is 18.6 Å². The summed E-state index contributed by atoms with van der Waals surface area (Å²) in [6, 6.07) is 4.07. The zero-order valence-electron chi connectivity index (χ0n) is 11.5. The van der Waals surface area contributed by atoms with Gasteiger partial charge in [-0.3, -0.25) is 0 Å². The first-order valence-corrected chi connectivity index (χ1v) is 6.64. The summed E-state index contributed by atoms with van der Waals surface area (Å²) in [6.45, 7) is 4.40. The fraction of sp³-hybridized carbons (Fsp3) is 0.600. The molecule has 1 rings (SSSR count). The topological polar surface area (TPSA) is 12.0 Å². The van der Waals surface area contributed by atoms with Gasteiger partial charge in [-0.15, -0.1) is 0 Å². The van der Waals surface area contributed by atoms with Gasteiger partial charge in [-0.2, -0.15) is 0 Å². The molecular weight excluding hydrogens is 232 g/mol. The zero-order valence-corrected chi connectivity index (χ0v) is 11.5. The zero-order chi connectivity index (χ0) is 13.5. The molecule has 0 amide bonds. The van der Waals surface area contributed by atoms with Gasteiger partial charge in [-0.1, -0.05) is 32.8 Å². The number of rotatable bonds is 7. The molecule has 0 bridgehead atoms. The standard InChI is InChI=1S/C15H23F2N/c1-11(2)5-4-6-14(18-3)9-12-7-8-13(16)10-15(12)17/h7-8,10-11,14,18H,4-6,9H2,1-3H3. The lowest BCUT2D eigenvalue weighted by Gasteiger charge is -2.17. The van der Waals surface area contributed by atoms with Crippen molar-refractivity contribution in [2.45, 2.75) is 45.6 Å². The van der Waals surface area contributed by atoms with E-state index in [1.807, 2.05) is 7.05 Å². The van der Waals surface area contributed by atoms with Crippen LogP contribution >= 0.6 is 0 Å². The second-order valence-electron chi connectivity index (χ2n) is 5.25. The SMILES string of the molecule is CNC(CCCC(C)C)Cc1ccc(F)cc1F. The Hall–Kier alpha value is -0.960. The van der Waals surface area contributed by atoms with E-state index >= 15 is 0 Å². The molecule has 1 aromatic rings. The first kappa shape index (κ1) is 15.1. The molecule has 3 heteroatoms. The predicted octanol–water partition coefficient (Wildman–Crippen LogP) is 3.92. The Morgan fingerprint density at radius 1 is 1.17 bits per heavy atom. The smallest absolute Gasteiger partial charge is 0.129 e. The predicted molar refractivity (Wildman–Crippen MR) is 71.6 cm³/mol. The van der Waals surface area contributed by atoms with E-state index in [9.17, 15) is 8.78 Å². The summed E-state index contributed by atoms with van der Waals surface area (Å²) in [7, 11) is 1.89. The molecule has 0 aliphatic carbocycles. The Labute approximate surface area is 109 Å². The van der Waals surface area contributed by atoms with Gasteiger partial charge in [-0.05, 0) is 37.4 Å². The number of benzene rings is 1. The summed E-state index contributed by atoms with van der Waals surface area (Å²) >= 11 is 0. The molecule has 1 atom stereocenters. The average molecular weight is 255 g/mol. The molecular formula is C15H23F2N. The molecule has 0 radical (unpaired) electrons. The van der Waals surface area contributed by atoms with Crippen LogP contribution < -0.4 is 5.32 Å². The van der Waals surface area contributed by atoms with Crippen LogP contribution in [-0.2, 0) is 6.42 Å². The fourth-order valence-electron chi connectivity index (χ4n) is 2.07. The molecule has 0 aliphatic rings. The maximum absolute atomic E-state index is 13.5. The van der Waals surface area contributed by atoms with Crippen LogP contribution in [-0.4, -0.2) is 13.1 Å². The van der Waals surface area contributed by atoms with Gasteiger partial charge in [0.1, 0.15) is 11.6 Å². The highest BCUT2D eigenvalue weighted by Crippen LogP contribution is 2.15. The van der Waals surface area contributed by atoms with E-state index in [1.54, 1.807) is 0 Å². The van der Waals surface area contributed by atoms with Crippen molar-refractivity contribution in [2.75, 3.05) is 7.05 Å². The van der Waals surface area contributed by atoms with Gasteiger partial charge in [-0.25, -0.2) is 8.78 Å². The molecule has 0 spiro atoms. The van der Waals surface area contributed by atoms with Gasteiger partial charge >= 0.3 is 0 Å². The van der Waals surface area contributed by atoms with Crippen LogP contribution in [0, 0.1) is 17.6 Å². The summed E-state index contributed by atoms with van der Waals surface area (Å²) in [6.07, 6.45) is 3.95. The van der Waals surface area contributed by atoms with Crippen LogP contribution in [0.5, 0.6) is 0 Å². The van der Waals surface area contributed by atoms with Crippen LogP contribution in [0.2, 0.25) is 0 Å². The van der Waals surface area contributed by atoms with Crippen molar-refractivity contribution < 1.29 is 8.78 Å². The van der Waals surface area contributed by atoms with Crippen molar-refractivity contribution >= 4 is 0 Å². The van der Waals surface area contributed by atoms with Crippen LogP contribution in [0.25, 0.3) is 0 Å². The second kappa shape index (κ2) is 7.47. The number of hydrogen-bond acceptors (Lipinski definition) is 1. The molecule has 0 fully saturated rings. The Morgan fingerprint density at radius 2 is 1.89 bits per heavy atom. The highest BCUT2D eigenvalue weighted by atomic mass is 19.1. The third-order valence-electron chi connectivity index (χ3n) is 3.22. The maximum atomic E-state index is 13.5.